The summed E-state index contributed by atoms with van der Waals surface area (Å²) in [5.74, 6) is -4.54. The van der Waals surface area contributed by atoms with Gasteiger partial charge in [-0.05, 0) is 95.1 Å². The smallest absolute Gasteiger partial charge is 0.339 e. The van der Waals surface area contributed by atoms with Crippen molar-refractivity contribution < 1.29 is 46.8 Å². The van der Waals surface area contributed by atoms with Crippen LogP contribution in [0.2, 0.25) is 5.15 Å². The number of carbonyl (C=O) groups is 2. The predicted octanol–water partition coefficient (Wildman–Crippen LogP) is 9.13. The van der Waals surface area contributed by atoms with Gasteiger partial charge in [0, 0.05) is 12.4 Å². The lowest BCUT2D eigenvalue weighted by molar-refractivity contribution is 0.0686. The van der Waals surface area contributed by atoms with E-state index in [2.05, 4.69) is 15.3 Å². The van der Waals surface area contributed by atoms with Crippen LogP contribution in [-0.2, 0) is 0 Å². The van der Waals surface area contributed by atoms with Gasteiger partial charge in [0.1, 0.15) is 62.7 Å². The maximum absolute atomic E-state index is 14.5. The van der Waals surface area contributed by atoms with Crippen LogP contribution in [0.5, 0.6) is 11.5 Å². The van der Waals surface area contributed by atoms with E-state index in [9.17, 15) is 27.2 Å². The molecule has 0 saturated carbocycles. The van der Waals surface area contributed by atoms with E-state index >= 15 is 0 Å². The Hall–Kier alpha value is -6.67. The van der Waals surface area contributed by atoms with E-state index in [1.165, 1.54) is 63.0 Å². The van der Waals surface area contributed by atoms with Gasteiger partial charge in [-0.1, -0.05) is 35.9 Å². The Balaban J connectivity index is 0.000000198. The molecular weight excluding hydrogens is 720 g/mol. The second-order valence-electron chi connectivity index (χ2n) is 10.6. The van der Waals surface area contributed by atoms with Crippen LogP contribution in [0.3, 0.4) is 0 Å². The Bertz CT molecular complexity index is 2210. The Morgan fingerprint density at radius 1 is 0.642 bits per heavy atom. The molecule has 0 atom stereocenters. The number of anilines is 3. The number of halogens is 5. The van der Waals surface area contributed by atoms with Crippen LogP contribution in [-0.4, -0.2) is 46.3 Å². The third-order valence-corrected chi connectivity index (χ3v) is 7.50. The van der Waals surface area contributed by atoms with Crippen molar-refractivity contribution >= 4 is 40.7 Å². The fraction of sp³-hybridized carbons (Fsp3) is 0.0526. The predicted molar refractivity (Wildman–Crippen MR) is 192 cm³/mol. The molecule has 2 heterocycles. The maximum atomic E-state index is 14.5. The van der Waals surface area contributed by atoms with Gasteiger partial charge in [-0.3, -0.25) is 0 Å². The van der Waals surface area contributed by atoms with Crippen LogP contribution >= 0.6 is 11.6 Å². The first-order valence-corrected chi connectivity index (χ1v) is 15.5. The zero-order valence-electron chi connectivity index (χ0n) is 27.8. The number of nitrogens with zero attached hydrogens (tertiary/aromatic N) is 2. The molecule has 0 spiro atoms. The van der Waals surface area contributed by atoms with Crippen LogP contribution in [0.25, 0.3) is 22.3 Å². The molecule has 5 N–H and O–H groups in total. The summed E-state index contributed by atoms with van der Waals surface area (Å²) in [6.07, 6.45) is 2.77. The van der Waals surface area contributed by atoms with Crippen LogP contribution in [0.1, 0.15) is 20.7 Å². The summed E-state index contributed by atoms with van der Waals surface area (Å²) in [5.41, 5.74) is 6.11. The van der Waals surface area contributed by atoms with Crippen molar-refractivity contribution in [1.82, 2.24) is 9.97 Å². The number of benzene rings is 4. The molecule has 0 unspecified atom stereocenters. The standard InChI is InChI=1S/C19H14F2N2O3.C13H11F2NO.C6H4ClNO2/c1-26-13-5-2-4-11(8-13)12-9-15(20)17(16(21)10-12)23-18-14(19(24)25)6-3-7-22-18;1-17-10-4-2-3-8(5-10)9-6-11(14)13(16)12(15)7-9;7-5-4(6(9)10)2-1-3-8-5/h2-10H,1H3,(H,22,23)(H,24,25);2-7H,16H2,1H3;1-3H,(H,9,10). The SMILES string of the molecule is COc1cccc(-c2cc(F)c(N)c(F)c2)c1.COc1cccc(-c2cc(F)c(Nc3ncccc3C(=O)O)c(F)c2)c1.O=C(O)c1cccnc1Cl. The second-order valence-corrected chi connectivity index (χ2v) is 11.0. The quantitative estimate of drug-likeness (QED) is 0.0672. The number of methoxy groups -OCH3 is 2. The molecule has 2 aromatic heterocycles. The molecule has 6 rings (SSSR count). The lowest BCUT2D eigenvalue weighted by Gasteiger charge is -2.12. The number of carboxylic acids is 2. The fourth-order valence-corrected chi connectivity index (χ4v) is 4.76. The number of nitrogen functional groups attached to an aromatic ring is 1. The van der Waals surface area contributed by atoms with Crippen LogP contribution in [0.4, 0.5) is 34.8 Å². The minimum Gasteiger partial charge on any atom is -0.497 e. The number of carboxylic acid groups (broad SMARTS) is 2. The Labute approximate surface area is 305 Å². The highest BCUT2D eigenvalue weighted by Gasteiger charge is 2.17. The summed E-state index contributed by atoms with van der Waals surface area (Å²) in [7, 11) is 3.03. The summed E-state index contributed by atoms with van der Waals surface area (Å²) in [6, 6.07) is 24.1. The molecule has 272 valence electrons. The fourth-order valence-electron chi connectivity index (χ4n) is 4.56. The topological polar surface area (TPSA) is 157 Å². The van der Waals surface area contributed by atoms with Crippen molar-refractivity contribution in [3.05, 3.63) is 149 Å². The highest BCUT2D eigenvalue weighted by Crippen LogP contribution is 2.32. The lowest BCUT2D eigenvalue weighted by atomic mass is 10.0. The van der Waals surface area contributed by atoms with Crippen molar-refractivity contribution in [2.75, 3.05) is 25.3 Å². The molecule has 0 radical (unpaired) electrons. The molecule has 0 amide bonds. The molecule has 53 heavy (non-hydrogen) atoms. The van der Waals surface area contributed by atoms with E-state index in [1.54, 1.807) is 48.5 Å². The van der Waals surface area contributed by atoms with E-state index < -0.39 is 46.6 Å². The number of hydrogen-bond donors (Lipinski definition) is 4. The first kappa shape index (κ1) is 39.1. The summed E-state index contributed by atoms with van der Waals surface area (Å²) in [5, 5.41) is 20.0. The molecule has 15 heteroatoms. The monoisotopic (exact) mass is 748 g/mol. The van der Waals surface area contributed by atoms with Crippen molar-refractivity contribution in [2.24, 2.45) is 0 Å². The second kappa shape index (κ2) is 18.0. The van der Waals surface area contributed by atoms with Gasteiger partial charge in [0.2, 0.25) is 0 Å². The number of aromatic carboxylic acids is 2. The summed E-state index contributed by atoms with van der Waals surface area (Å²) < 4.78 is 65.8. The van der Waals surface area contributed by atoms with E-state index in [4.69, 9.17) is 37.0 Å². The number of nitrogens with two attached hydrogens (primary N) is 1. The maximum Gasteiger partial charge on any atom is 0.339 e. The highest BCUT2D eigenvalue weighted by atomic mass is 35.5. The van der Waals surface area contributed by atoms with Crippen LogP contribution < -0.4 is 20.5 Å². The summed E-state index contributed by atoms with van der Waals surface area (Å²) >= 11 is 5.43. The molecule has 4 aromatic carbocycles. The molecule has 0 aliphatic heterocycles. The molecule has 0 fully saturated rings. The minimum atomic E-state index is -1.26. The van der Waals surface area contributed by atoms with Crippen molar-refractivity contribution in [2.45, 2.75) is 0 Å². The lowest BCUT2D eigenvalue weighted by Crippen LogP contribution is -2.06. The Morgan fingerprint density at radius 2 is 1.09 bits per heavy atom. The number of hydrogen-bond acceptors (Lipinski definition) is 8. The molecule has 0 aliphatic carbocycles. The van der Waals surface area contributed by atoms with E-state index in [0.29, 0.717) is 33.8 Å². The molecular formula is C38H29ClF4N4O6. The Morgan fingerprint density at radius 3 is 1.53 bits per heavy atom. The number of aromatic nitrogens is 2. The van der Waals surface area contributed by atoms with Gasteiger partial charge >= 0.3 is 11.9 Å². The zero-order chi connectivity index (χ0) is 38.7. The van der Waals surface area contributed by atoms with Gasteiger partial charge in [0.25, 0.3) is 0 Å². The van der Waals surface area contributed by atoms with Crippen LogP contribution in [0.15, 0.2) is 109 Å². The largest absolute Gasteiger partial charge is 0.497 e. The van der Waals surface area contributed by atoms with Gasteiger partial charge in [0.05, 0.1) is 19.8 Å². The highest BCUT2D eigenvalue weighted by molar-refractivity contribution is 6.32. The van der Waals surface area contributed by atoms with E-state index in [1.807, 2.05) is 0 Å². The molecule has 6 aromatic rings. The van der Waals surface area contributed by atoms with E-state index in [-0.39, 0.29) is 22.1 Å². The summed E-state index contributed by atoms with van der Waals surface area (Å²) in [4.78, 5) is 28.9. The van der Waals surface area contributed by atoms with Crippen LogP contribution in [0, 0.1) is 23.3 Å². The Kier molecular flexibility index (Phi) is 13.3. The molecule has 0 aliphatic rings. The van der Waals surface area contributed by atoms with Crippen molar-refractivity contribution in [3.8, 4) is 33.8 Å². The average molecular weight is 749 g/mol. The molecule has 10 nitrogen and oxygen atoms in total. The van der Waals surface area contributed by atoms with Crippen molar-refractivity contribution in [3.63, 3.8) is 0 Å². The van der Waals surface area contributed by atoms with Gasteiger partial charge in [-0.15, -0.1) is 0 Å². The van der Waals surface area contributed by atoms with Gasteiger partial charge in [0.15, 0.2) is 0 Å². The molecule has 0 bridgehead atoms. The van der Waals surface area contributed by atoms with Crippen molar-refractivity contribution in [1.29, 1.82) is 0 Å². The minimum absolute atomic E-state index is 0.0231. The first-order chi connectivity index (χ1) is 25.3. The van der Waals surface area contributed by atoms with E-state index in [0.717, 1.165) is 12.1 Å². The van der Waals surface area contributed by atoms with Gasteiger partial charge in [-0.2, -0.15) is 0 Å². The first-order valence-electron chi connectivity index (χ1n) is 15.1. The average Bonchev–Trinajstić information content (AvgIpc) is 3.15. The van der Waals surface area contributed by atoms with Gasteiger partial charge < -0.3 is 30.7 Å². The zero-order valence-corrected chi connectivity index (χ0v) is 28.5. The summed E-state index contributed by atoms with van der Waals surface area (Å²) in [6.45, 7) is 0. The number of pyridine rings is 2. The van der Waals surface area contributed by atoms with Gasteiger partial charge in [-0.25, -0.2) is 37.1 Å². The number of rotatable bonds is 8. The number of nitrogens with one attached hydrogen (secondary N) is 1. The number of ether oxygens (including phenoxy) is 2. The third kappa shape index (κ3) is 10.2. The molecule has 0 saturated heterocycles. The third-order valence-electron chi connectivity index (χ3n) is 7.20. The normalized spacial score (nSPS) is 10.2.